The Bertz CT molecular complexity index is 1430. The van der Waals surface area contributed by atoms with Gasteiger partial charge in [-0.25, -0.2) is 22.9 Å². The summed E-state index contributed by atoms with van der Waals surface area (Å²) >= 11 is 1.44. The van der Waals surface area contributed by atoms with Crippen molar-refractivity contribution < 1.29 is 35.6 Å². The van der Waals surface area contributed by atoms with Crippen molar-refractivity contribution >= 4 is 11.3 Å². The molecule has 3 aromatic rings. The number of rotatable bonds is 9. The topological polar surface area (TPSA) is 84.2 Å². The van der Waals surface area contributed by atoms with Crippen LogP contribution < -0.4 is 10.5 Å². The normalized spacial score (nSPS) is 21.7. The Hall–Kier alpha value is -2.87. The van der Waals surface area contributed by atoms with E-state index in [4.69, 9.17) is 9.72 Å². The Balaban J connectivity index is 1.37. The Labute approximate surface area is 248 Å². The average molecular weight is 633 g/mol. The molecule has 3 heterocycles. The minimum absolute atomic E-state index is 0.00548. The Morgan fingerprint density at radius 3 is 2.35 bits per heavy atom. The van der Waals surface area contributed by atoms with Gasteiger partial charge in [-0.3, -0.25) is 14.4 Å². The van der Waals surface area contributed by atoms with Crippen molar-refractivity contribution in [3.63, 3.8) is 0 Å². The molecule has 7 nitrogen and oxygen atoms in total. The van der Waals surface area contributed by atoms with E-state index in [-0.39, 0.29) is 49.0 Å². The highest BCUT2D eigenvalue weighted by Crippen LogP contribution is 2.45. The van der Waals surface area contributed by atoms with Crippen LogP contribution in [0, 0.1) is 17.7 Å². The van der Waals surface area contributed by atoms with Crippen molar-refractivity contribution in [2.75, 3.05) is 13.1 Å². The predicted molar refractivity (Wildman–Crippen MR) is 148 cm³/mol. The number of thiazole rings is 1. The maximum Gasteiger partial charge on any atom is 0.439 e. The van der Waals surface area contributed by atoms with Gasteiger partial charge in [-0.1, -0.05) is 12.1 Å². The van der Waals surface area contributed by atoms with E-state index in [1.54, 1.807) is 6.07 Å². The van der Waals surface area contributed by atoms with Crippen LogP contribution in [-0.2, 0) is 6.54 Å². The van der Waals surface area contributed by atoms with Crippen LogP contribution >= 0.6 is 11.3 Å². The summed E-state index contributed by atoms with van der Waals surface area (Å²) in [6, 6.07) is 4.14. The summed E-state index contributed by atoms with van der Waals surface area (Å²) in [6.45, 7) is 3.76. The molecule has 1 atom stereocenters. The van der Waals surface area contributed by atoms with Gasteiger partial charge in [-0.15, -0.1) is 11.3 Å². The molecule has 2 fully saturated rings. The van der Waals surface area contributed by atoms with Crippen LogP contribution in [0.1, 0.15) is 86.4 Å². The first-order valence-electron chi connectivity index (χ1n) is 14.5. The summed E-state index contributed by atoms with van der Waals surface area (Å²) in [4.78, 5) is 21.3. The van der Waals surface area contributed by atoms with Gasteiger partial charge in [0.2, 0.25) is 5.92 Å². The smallest absolute Gasteiger partial charge is 0.439 e. The number of benzene rings is 1. The third-order valence-electron chi connectivity index (χ3n) is 8.54. The summed E-state index contributed by atoms with van der Waals surface area (Å²) in [7, 11) is 0. The number of aromatic amines is 1. The van der Waals surface area contributed by atoms with Crippen LogP contribution in [0.5, 0.6) is 5.75 Å². The number of H-pyrrole nitrogens is 1. The largest absolute Gasteiger partial charge is 0.485 e. The number of hydrogen-bond acceptors (Lipinski definition) is 7. The Morgan fingerprint density at radius 1 is 1.09 bits per heavy atom. The number of alkyl halides is 5. The first kappa shape index (κ1) is 31.6. The van der Waals surface area contributed by atoms with E-state index in [1.165, 1.54) is 23.5 Å². The van der Waals surface area contributed by atoms with Gasteiger partial charge in [0.25, 0.3) is 0 Å². The van der Waals surface area contributed by atoms with Crippen LogP contribution in [0.15, 0.2) is 27.5 Å². The van der Waals surface area contributed by atoms with Gasteiger partial charge in [0.1, 0.15) is 17.7 Å². The lowest BCUT2D eigenvalue weighted by Gasteiger charge is -2.32. The van der Waals surface area contributed by atoms with E-state index < -0.39 is 41.6 Å². The summed E-state index contributed by atoms with van der Waals surface area (Å²) in [6.07, 6.45) is -2.28. The summed E-state index contributed by atoms with van der Waals surface area (Å²) < 4.78 is 93.2. The molecule has 1 aliphatic carbocycles. The molecule has 0 amide bonds. The monoisotopic (exact) mass is 632 g/mol. The lowest BCUT2D eigenvalue weighted by atomic mass is 9.79. The molecule has 236 valence electrons. The third-order valence-corrected chi connectivity index (χ3v) is 9.89. The fraction of sp³-hybridized carbons (Fsp3) is 0.621. The molecule has 0 bridgehead atoms. The van der Waals surface area contributed by atoms with Gasteiger partial charge in [-0.2, -0.15) is 13.2 Å². The minimum Gasteiger partial charge on any atom is -0.485 e. The van der Waals surface area contributed by atoms with Gasteiger partial charge in [-0.05, 0) is 77.1 Å². The highest BCUT2D eigenvalue weighted by molar-refractivity contribution is 7.11. The molecule has 43 heavy (non-hydrogen) atoms. The number of aromatic nitrogens is 3. The molecule has 14 heteroatoms. The van der Waals surface area contributed by atoms with E-state index in [2.05, 4.69) is 14.7 Å². The number of piperidine rings is 1. The van der Waals surface area contributed by atoms with Crippen molar-refractivity contribution in [3.05, 3.63) is 50.1 Å². The fourth-order valence-electron chi connectivity index (χ4n) is 5.99. The molecule has 1 saturated heterocycles. The van der Waals surface area contributed by atoms with Gasteiger partial charge in [0.05, 0.1) is 27.1 Å². The van der Waals surface area contributed by atoms with Gasteiger partial charge < -0.3 is 4.74 Å². The number of likely N-dealkylation sites (tertiary alicyclic amines) is 1. The summed E-state index contributed by atoms with van der Waals surface area (Å²) in [5.74, 6) is -6.03. The fourth-order valence-corrected chi connectivity index (χ4v) is 7.35. The van der Waals surface area contributed by atoms with Gasteiger partial charge in [0.15, 0.2) is 5.82 Å². The van der Waals surface area contributed by atoms with Crippen LogP contribution in [0.2, 0.25) is 0 Å². The van der Waals surface area contributed by atoms with E-state index in [9.17, 15) is 31.1 Å². The maximum absolute atomic E-state index is 14.9. The zero-order valence-corrected chi connectivity index (χ0v) is 24.7. The molecule has 1 unspecified atom stereocenters. The molecule has 0 spiro atoms. The zero-order valence-electron chi connectivity index (χ0n) is 23.9. The Morgan fingerprint density at radius 2 is 1.79 bits per heavy atom. The van der Waals surface area contributed by atoms with Crippen molar-refractivity contribution in [1.82, 2.24) is 20.0 Å². The van der Waals surface area contributed by atoms with Crippen molar-refractivity contribution in [1.29, 1.82) is 0 Å². The highest BCUT2D eigenvalue weighted by atomic mass is 32.1. The zero-order chi connectivity index (χ0) is 30.9. The first-order valence-corrected chi connectivity index (χ1v) is 15.3. The average Bonchev–Trinajstić information content (AvgIpc) is 3.57. The second-order valence-corrected chi connectivity index (χ2v) is 12.6. The molecule has 1 aromatic carbocycles. The number of hydrogen-bond donors (Lipinski definition) is 1. The summed E-state index contributed by atoms with van der Waals surface area (Å²) in [5.41, 5.74) is 0.722. The first-order chi connectivity index (χ1) is 20.3. The SMILES string of the molecule is CCC(Oc1ccc(-c2noc(=O)[nH]2)c(F)c1)c1sc([C@H]2CC[C@H](C(C)(F)F)CC2)nc1CN1CCC(C(F)(F)F)CC1. The Kier molecular flexibility index (Phi) is 9.26. The van der Waals surface area contributed by atoms with Crippen LogP contribution in [-0.4, -0.2) is 45.2 Å². The van der Waals surface area contributed by atoms with Crippen LogP contribution in [0.3, 0.4) is 0 Å². The molecular weight excluding hydrogens is 598 g/mol. The summed E-state index contributed by atoms with van der Waals surface area (Å²) in [5, 5.41) is 4.32. The highest BCUT2D eigenvalue weighted by Gasteiger charge is 2.42. The van der Waals surface area contributed by atoms with E-state index in [0.29, 0.717) is 44.3 Å². The molecule has 5 rings (SSSR count). The van der Waals surface area contributed by atoms with Crippen LogP contribution in [0.25, 0.3) is 11.4 Å². The molecule has 1 aliphatic heterocycles. The van der Waals surface area contributed by atoms with Gasteiger partial charge in [0, 0.05) is 24.4 Å². The molecule has 1 saturated carbocycles. The number of halogens is 6. The standard InChI is InChI=1S/C29H34F6N4O3S/c1-3-23(41-19-8-9-20(21(30)14-19)25-37-27(40)42-38-25)24-22(15-39-12-10-18(11-13-39)29(33,34)35)36-26(43-24)16-4-6-17(7-5-16)28(2,31)32/h8-9,14,16-18,23H,3-7,10-13,15H2,1-2H3,(H,37,38,40)/t16-,17-,23?. The minimum atomic E-state index is -4.21. The molecule has 2 aromatic heterocycles. The second-order valence-electron chi connectivity index (χ2n) is 11.6. The number of nitrogens with zero attached hydrogens (tertiary/aromatic N) is 3. The molecule has 0 radical (unpaired) electrons. The number of nitrogens with one attached hydrogen (secondary N) is 1. The quantitative estimate of drug-likeness (QED) is 0.242. The predicted octanol–water partition coefficient (Wildman–Crippen LogP) is 7.86. The molecule has 2 aliphatic rings. The van der Waals surface area contributed by atoms with Gasteiger partial charge >= 0.3 is 11.9 Å². The number of ether oxygens (including phenoxy) is 1. The lowest BCUT2D eigenvalue weighted by molar-refractivity contribution is -0.185. The third kappa shape index (κ3) is 7.44. The van der Waals surface area contributed by atoms with Crippen molar-refractivity contribution in [3.8, 4) is 17.1 Å². The second kappa shape index (κ2) is 12.6. The van der Waals surface area contributed by atoms with E-state index in [1.807, 2.05) is 11.8 Å². The van der Waals surface area contributed by atoms with E-state index in [0.717, 1.165) is 16.8 Å². The molecular formula is C29H34F6N4O3S. The maximum atomic E-state index is 14.9. The van der Waals surface area contributed by atoms with E-state index >= 15 is 0 Å². The van der Waals surface area contributed by atoms with Crippen LogP contribution in [0.4, 0.5) is 26.3 Å². The van der Waals surface area contributed by atoms with Crippen molar-refractivity contribution in [2.24, 2.45) is 11.8 Å². The molecule has 1 N–H and O–H groups in total. The lowest BCUT2D eigenvalue weighted by Crippen LogP contribution is -2.38. The van der Waals surface area contributed by atoms with Crippen molar-refractivity contribution in [2.45, 2.75) is 89.5 Å².